The highest BCUT2D eigenvalue weighted by Gasteiger charge is 2.03. The first-order valence-corrected chi connectivity index (χ1v) is 5.48. The summed E-state index contributed by atoms with van der Waals surface area (Å²) < 4.78 is 13.1. The third kappa shape index (κ3) is 2.65. The number of rotatable bonds is 3. The van der Waals surface area contributed by atoms with Crippen LogP contribution in [-0.2, 0) is 6.54 Å². The van der Waals surface area contributed by atoms with Gasteiger partial charge >= 0.3 is 0 Å². The lowest BCUT2D eigenvalue weighted by molar-refractivity contribution is 0.626. The SMILES string of the molecule is N#Cc1ccc(Nc2ccc(F)cc2CN)cc1. The van der Waals surface area contributed by atoms with Crippen LogP contribution in [-0.4, -0.2) is 0 Å². The summed E-state index contributed by atoms with van der Waals surface area (Å²) in [5.74, 6) is -0.305. The first-order valence-electron chi connectivity index (χ1n) is 5.48. The van der Waals surface area contributed by atoms with Gasteiger partial charge in [0.1, 0.15) is 5.82 Å². The predicted molar refractivity (Wildman–Crippen MR) is 68.7 cm³/mol. The van der Waals surface area contributed by atoms with E-state index < -0.39 is 0 Å². The van der Waals surface area contributed by atoms with Gasteiger partial charge in [0.05, 0.1) is 11.6 Å². The van der Waals surface area contributed by atoms with Gasteiger partial charge in [0, 0.05) is 17.9 Å². The van der Waals surface area contributed by atoms with E-state index in [2.05, 4.69) is 11.4 Å². The zero-order valence-electron chi connectivity index (χ0n) is 9.65. The fraction of sp³-hybridized carbons (Fsp3) is 0.0714. The number of nitrogens with zero attached hydrogens (tertiary/aromatic N) is 1. The first-order chi connectivity index (χ1) is 8.72. The van der Waals surface area contributed by atoms with E-state index in [9.17, 15) is 4.39 Å². The maximum absolute atomic E-state index is 13.1. The summed E-state index contributed by atoms with van der Waals surface area (Å²) in [6.07, 6.45) is 0. The number of nitrogens with two attached hydrogens (primary N) is 1. The van der Waals surface area contributed by atoms with Crippen LogP contribution >= 0.6 is 0 Å². The Morgan fingerprint density at radius 3 is 2.50 bits per heavy atom. The summed E-state index contributed by atoms with van der Waals surface area (Å²) >= 11 is 0. The van der Waals surface area contributed by atoms with Gasteiger partial charge in [-0.1, -0.05) is 0 Å². The number of benzene rings is 2. The molecule has 0 radical (unpaired) electrons. The lowest BCUT2D eigenvalue weighted by Gasteiger charge is -2.11. The minimum atomic E-state index is -0.305. The molecule has 18 heavy (non-hydrogen) atoms. The molecule has 0 aliphatic carbocycles. The van der Waals surface area contributed by atoms with Gasteiger partial charge in [-0.3, -0.25) is 0 Å². The van der Waals surface area contributed by atoms with E-state index in [1.807, 2.05) is 0 Å². The van der Waals surface area contributed by atoms with Crippen molar-refractivity contribution in [3.8, 4) is 6.07 Å². The smallest absolute Gasteiger partial charge is 0.123 e. The van der Waals surface area contributed by atoms with Crippen LogP contribution in [0.3, 0.4) is 0 Å². The molecule has 0 bridgehead atoms. The summed E-state index contributed by atoms with van der Waals surface area (Å²) in [6, 6.07) is 13.5. The number of halogens is 1. The third-order valence-electron chi connectivity index (χ3n) is 2.58. The monoisotopic (exact) mass is 241 g/mol. The minimum Gasteiger partial charge on any atom is -0.355 e. The van der Waals surface area contributed by atoms with Crippen molar-refractivity contribution in [2.75, 3.05) is 5.32 Å². The summed E-state index contributed by atoms with van der Waals surface area (Å²) in [6.45, 7) is 0.260. The molecule has 2 rings (SSSR count). The lowest BCUT2D eigenvalue weighted by atomic mass is 10.1. The molecule has 0 aliphatic heterocycles. The first kappa shape index (κ1) is 12.1. The molecule has 0 aromatic heterocycles. The van der Waals surface area contributed by atoms with Crippen molar-refractivity contribution < 1.29 is 4.39 Å². The van der Waals surface area contributed by atoms with Gasteiger partial charge in [0.15, 0.2) is 0 Å². The Morgan fingerprint density at radius 1 is 1.17 bits per heavy atom. The predicted octanol–water partition coefficient (Wildman–Crippen LogP) is 2.90. The Kier molecular flexibility index (Phi) is 3.56. The molecule has 0 unspecified atom stereocenters. The summed E-state index contributed by atoms with van der Waals surface area (Å²) in [7, 11) is 0. The quantitative estimate of drug-likeness (QED) is 0.868. The van der Waals surface area contributed by atoms with Gasteiger partial charge in [-0.2, -0.15) is 5.26 Å². The van der Waals surface area contributed by atoms with Crippen molar-refractivity contribution in [1.82, 2.24) is 0 Å². The van der Waals surface area contributed by atoms with E-state index in [1.165, 1.54) is 12.1 Å². The standard InChI is InChI=1S/C14H12FN3/c15-12-3-6-14(11(7-12)9-17)18-13-4-1-10(8-16)2-5-13/h1-7,18H,9,17H2. The average molecular weight is 241 g/mol. The normalized spacial score (nSPS) is 9.83. The van der Waals surface area contributed by atoms with E-state index in [0.717, 1.165) is 11.4 Å². The van der Waals surface area contributed by atoms with Gasteiger partial charge in [0.2, 0.25) is 0 Å². The number of hydrogen-bond acceptors (Lipinski definition) is 3. The van der Waals surface area contributed by atoms with Crippen LogP contribution in [0.5, 0.6) is 0 Å². The van der Waals surface area contributed by atoms with Crippen molar-refractivity contribution in [3.63, 3.8) is 0 Å². The Hall–Kier alpha value is -2.38. The molecule has 0 saturated heterocycles. The van der Waals surface area contributed by atoms with Gasteiger partial charge in [-0.25, -0.2) is 4.39 Å². The molecule has 0 saturated carbocycles. The van der Waals surface area contributed by atoms with Crippen LogP contribution in [0.15, 0.2) is 42.5 Å². The number of anilines is 2. The zero-order chi connectivity index (χ0) is 13.0. The molecule has 2 aromatic carbocycles. The molecule has 90 valence electrons. The van der Waals surface area contributed by atoms with Crippen LogP contribution in [0.1, 0.15) is 11.1 Å². The number of nitriles is 1. The van der Waals surface area contributed by atoms with E-state index in [1.54, 1.807) is 30.3 Å². The highest BCUT2D eigenvalue weighted by atomic mass is 19.1. The topological polar surface area (TPSA) is 61.8 Å². The zero-order valence-corrected chi connectivity index (χ0v) is 9.65. The summed E-state index contributed by atoms with van der Waals surface area (Å²) in [5.41, 5.74) is 8.47. The van der Waals surface area contributed by atoms with Crippen LogP contribution in [0, 0.1) is 17.1 Å². The number of hydrogen-bond donors (Lipinski definition) is 2. The van der Waals surface area contributed by atoms with Crippen molar-refractivity contribution in [2.45, 2.75) is 6.54 Å². The van der Waals surface area contributed by atoms with Gasteiger partial charge in [0.25, 0.3) is 0 Å². The fourth-order valence-electron chi connectivity index (χ4n) is 1.64. The third-order valence-corrected chi connectivity index (χ3v) is 2.58. The van der Waals surface area contributed by atoms with Crippen molar-refractivity contribution in [1.29, 1.82) is 5.26 Å². The summed E-state index contributed by atoms with van der Waals surface area (Å²) in [5, 5.41) is 11.8. The van der Waals surface area contributed by atoms with E-state index in [-0.39, 0.29) is 12.4 Å². The highest BCUT2D eigenvalue weighted by Crippen LogP contribution is 2.21. The van der Waals surface area contributed by atoms with Gasteiger partial charge < -0.3 is 11.1 Å². The molecule has 0 atom stereocenters. The van der Waals surface area contributed by atoms with Gasteiger partial charge in [-0.15, -0.1) is 0 Å². The van der Waals surface area contributed by atoms with Crippen molar-refractivity contribution >= 4 is 11.4 Å². The molecular formula is C14H12FN3. The Bertz CT molecular complexity index is 585. The largest absolute Gasteiger partial charge is 0.355 e. The average Bonchev–Trinajstić information content (AvgIpc) is 2.41. The van der Waals surface area contributed by atoms with Crippen LogP contribution in [0.2, 0.25) is 0 Å². The molecule has 0 spiro atoms. The molecule has 2 aromatic rings. The number of nitrogens with one attached hydrogen (secondary N) is 1. The van der Waals surface area contributed by atoms with E-state index >= 15 is 0 Å². The molecule has 0 aliphatic rings. The highest BCUT2D eigenvalue weighted by molar-refractivity contribution is 5.63. The van der Waals surface area contributed by atoms with Crippen LogP contribution in [0.4, 0.5) is 15.8 Å². The maximum atomic E-state index is 13.1. The van der Waals surface area contributed by atoms with E-state index in [0.29, 0.717) is 11.1 Å². The maximum Gasteiger partial charge on any atom is 0.123 e. The summed E-state index contributed by atoms with van der Waals surface area (Å²) in [4.78, 5) is 0. The molecule has 0 amide bonds. The second-order valence-corrected chi connectivity index (χ2v) is 3.82. The van der Waals surface area contributed by atoms with Crippen molar-refractivity contribution in [3.05, 3.63) is 59.4 Å². The van der Waals surface area contributed by atoms with Crippen LogP contribution in [0.25, 0.3) is 0 Å². The molecular weight excluding hydrogens is 229 g/mol. The van der Waals surface area contributed by atoms with Crippen molar-refractivity contribution in [2.24, 2.45) is 5.73 Å². The lowest BCUT2D eigenvalue weighted by Crippen LogP contribution is -2.02. The molecule has 3 N–H and O–H groups in total. The Labute approximate surface area is 105 Å². The second-order valence-electron chi connectivity index (χ2n) is 3.82. The molecule has 0 fully saturated rings. The molecule has 0 heterocycles. The Balaban J connectivity index is 2.25. The molecule has 4 heteroatoms. The fourth-order valence-corrected chi connectivity index (χ4v) is 1.64. The molecule has 3 nitrogen and oxygen atoms in total. The second kappa shape index (κ2) is 5.30. The van der Waals surface area contributed by atoms with Crippen LogP contribution < -0.4 is 11.1 Å². The Morgan fingerprint density at radius 2 is 1.89 bits per heavy atom. The van der Waals surface area contributed by atoms with Gasteiger partial charge in [-0.05, 0) is 48.0 Å². The minimum absolute atomic E-state index is 0.260. The van der Waals surface area contributed by atoms with E-state index in [4.69, 9.17) is 11.0 Å².